The highest BCUT2D eigenvalue weighted by Crippen LogP contribution is 2.12. The number of aliphatic hydroxyl groups is 2. The maximum absolute atomic E-state index is 9.13. The Morgan fingerprint density at radius 1 is 1.20 bits per heavy atom. The van der Waals surface area contributed by atoms with Crippen LogP contribution in [0.5, 0.6) is 0 Å². The van der Waals surface area contributed by atoms with Gasteiger partial charge in [-0.05, 0) is 13.8 Å². The van der Waals surface area contributed by atoms with Crippen LogP contribution in [0.4, 0.5) is 0 Å². The van der Waals surface area contributed by atoms with Crippen molar-refractivity contribution < 1.29 is 10.2 Å². The van der Waals surface area contributed by atoms with Crippen molar-refractivity contribution in [3.63, 3.8) is 0 Å². The predicted octanol–water partition coefficient (Wildman–Crippen LogP) is -0.568. The summed E-state index contributed by atoms with van der Waals surface area (Å²) >= 11 is 0. The third-order valence-corrected chi connectivity index (χ3v) is 2.02. The first-order chi connectivity index (χ1) is 4.61. The molecule has 0 aliphatic carbocycles. The SMILES string of the molecule is CC(C)N1CC(O)[C@@H](O)C1. The van der Waals surface area contributed by atoms with E-state index >= 15 is 0 Å². The van der Waals surface area contributed by atoms with E-state index in [1.807, 2.05) is 0 Å². The molecule has 0 aromatic heterocycles. The molecule has 1 rings (SSSR count). The second kappa shape index (κ2) is 2.86. The molecule has 0 spiro atoms. The molecule has 10 heavy (non-hydrogen) atoms. The van der Waals surface area contributed by atoms with E-state index in [4.69, 9.17) is 10.2 Å². The highest BCUT2D eigenvalue weighted by Gasteiger charge is 2.30. The molecule has 60 valence electrons. The Morgan fingerprint density at radius 3 is 1.80 bits per heavy atom. The van der Waals surface area contributed by atoms with Gasteiger partial charge in [0.1, 0.15) is 0 Å². The lowest BCUT2D eigenvalue weighted by Gasteiger charge is -2.18. The van der Waals surface area contributed by atoms with Crippen LogP contribution in [0, 0.1) is 0 Å². The van der Waals surface area contributed by atoms with Crippen LogP contribution in [0.3, 0.4) is 0 Å². The topological polar surface area (TPSA) is 43.7 Å². The van der Waals surface area contributed by atoms with E-state index in [1.54, 1.807) is 0 Å². The Labute approximate surface area is 61.3 Å². The summed E-state index contributed by atoms with van der Waals surface area (Å²) in [5.41, 5.74) is 0. The first-order valence-electron chi connectivity index (χ1n) is 3.71. The molecule has 1 unspecified atom stereocenters. The molecule has 3 heteroatoms. The van der Waals surface area contributed by atoms with Crippen LogP contribution in [0.2, 0.25) is 0 Å². The average molecular weight is 145 g/mol. The van der Waals surface area contributed by atoms with Crippen LogP contribution in [0.25, 0.3) is 0 Å². The van der Waals surface area contributed by atoms with E-state index in [2.05, 4.69) is 18.7 Å². The monoisotopic (exact) mass is 145 g/mol. The third kappa shape index (κ3) is 1.48. The zero-order chi connectivity index (χ0) is 7.72. The van der Waals surface area contributed by atoms with E-state index in [0.29, 0.717) is 19.1 Å². The number of rotatable bonds is 1. The molecule has 0 amide bonds. The standard InChI is InChI=1S/C7H15NO2/c1-5(2)8-3-6(9)7(10)4-8/h5-7,9-10H,3-4H2,1-2H3/t6-,7?/m0/s1. The number of aliphatic hydroxyl groups excluding tert-OH is 2. The van der Waals surface area contributed by atoms with Gasteiger partial charge in [0.25, 0.3) is 0 Å². The van der Waals surface area contributed by atoms with Crippen LogP contribution < -0.4 is 0 Å². The van der Waals surface area contributed by atoms with Gasteiger partial charge in [-0.15, -0.1) is 0 Å². The fourth-order valence-electron chi connectivity index (χ4n) is 1.22. The second-order valence-electron chi connectivity index (χ2n) is 3.18. The minimum atomic E-state index is -0.539. The minimum Gasteiger partial charge on any atom is -0.389 e. The van der Waals surface area contributed by atoms with Gasteiger partial charge in [-0.3, -0.25) is 4.90 Å². The van der Waals surface area contributed by atoms with Crippen molar-refractivity contribution in [2.24, 2.45) is 0 Å². The molecule has 0 aromatic rings. The quantitative estimate of drug-likeness (QED) is 0.519. The predicted molar refractivity (Wildman–Crippen MR) is 38.7 cm³/mol. The molecule has 0 aromatic carbocycles. The lowest BCUT2D eigenvalue weighted by atomic mass is 10.3. The van der Waals surface area contributed by atoms with Gasteiger partial charge in [-0.25, -0.2) is 0 Å². The molecule has 1 aliphatic heterocycles. The van der Waals surface area contributed by atoms with Crippen molar-refractivity contribution in [3.8, 4) is 0 Å². The third-order valence-electron chi connectivity index (χ3n) is 2.02. The Kier molecular flexibility index (Phi) is 2.28. The molecule has 1 saturated heterocycles. The summed E-state index contributed by atoms with van der Waals surface area (Å²) in [6.07, 6.45) is -1.08. The lowest BCUT2D eigenvalue weighted by Crippen LogP contribution is -2.29. The summed E-state index contributed by atoms with van der Waals surface area (Å²) in [6.45, 7) is 5.34. The number of hydrogen-bond acceptors (Lipinski definition) is 3. The van der Waals surface area contributed by atoms with E-state index in [0.717, 1.165) is 0 Å². The highest BCUT2D eigenvalue weighted by molar-refractivity contribution is 4.84. The molecule has 2 N–H and O–H groups in total. The van der Waals surface area contributed by atoms with Gasteiger partial charge in [-0.2, -0.15) is 0 Å². The van der Waals surface area contributed by atoms with Crippen LogP contribution >= 0.6 is 0 Å². The Morgan fingerprint density at radius 2 is 1.60 bits per heavy atom. The second-order valence-corrected chi connectivity index (χ2v) is 3.18. The number of β-amino-alcohol motifs (C(OH)–C–C–N with tert-alkyl or cyclic N) is 2. The Balaban J connectivity index is 2.41. The van der Waals surface area contributed by atoms with Crippen molar-refractivity contribution in [2.75, 3.05) is 13.1 Å². The van der Waals surface area contributed by atoms with Crippen molar-refractivity contribution in [1.82, 2.24) is 4.90 Å². The fraction of sp³-hybridized carbons (Fsp3) is 1.00. The summed E-state index contributed by atoms with van der Waals surface area (Å²) in [4.78, 5) is 2.06. The van der Waals surface area contributed by atoms with Crippen LogP contribution in [0.15, 0.2) is 0 Å². The van der Waals surface area contributed by atoms with Crippen molar-refractivity contribution in [2.45, 2.75) is 32.1 Å². The van der Waals surface area contributed by atoms with E-state index in [-0.39, 0.29) is 0 Å². The van der Waals surface area contributed by atoms with Crippen LogP contribution in [-0.4, -0.2) is 46.5 Å². The van der Waals surface area contributed by atoms with Gasteiger partial charge in [-0.1, -0.05) is 0 Å². The van der Waals surface area contributed by atoms with Gasteiger partial charge < -0.3 is 10.2 Å². The molecule has 2 atom stereocenters. The zero-order valence-electron chi connectivity index (χ0n) is 6.49. The van der Waals surface area contributed by atoms with E-state index in [1.165, 1.54) is 0 Å². The average Bonchev–Trinajstić information content (AvgIpc) is 2.13. The molecule has 3 nitrogen and oxygen atoms in total. The highest BCUT2D eigenvalue weighted by atomic mass is 16.3. The van der Waals surface area contributed by atoms with Crippen molar-refractivity contribution in [3.05, 3.63) is 0 Å². The molecule has 1 fully saturated rings. The first kappa shape index (κ1) is 7.98. The minimum absolute atomic E-state index is 0.423. The molecule has 1 aliphatic rings. The number of likely N-dealkylation sites (tertiary alicyclic amines) is 1. The van der Waals surface area contributed by atoms with Crippen LogP contribution in [-0.2, 0) is 0 Å². The summed E-state index contributed by atoms with van der Waals surface area (Å²) in [5.74, 6) is 0. The molecule has 0 bridgehead atoms. The van der Waals surface area contributed by atoms with Gasteiger partial charge in [0.2, 0.25) is 0 Å². The van der Waals surface area contributed by atoms with Gasteiger partial charge >= 0.3 is 0 Å². The van der Waals surface area contributed by atoms with Crippen molar-refractivity contribution >= 4 is 0 Å². The maximum Gasteiger partial charge on any atom is 0.0938 e. The largest absolute Gasteiger partial charge is 0.389 e. The molecular formula is C7H15NO2. The summed E-state index contributed by atoms with van der Waals surface area (Å²) in [6, 6.07) is 0.423. The molecular weight excluding hydrogens is 130 g/mol. The smallest absolute Gasteiger partial charge is 0.0938 e. The van der Waals surface area contributed by atoms with Crippen molar-refractivity contribution in [1.29, 1.82) is 0 Å². The summed E-state index contributed by atoms with van der Waals surface area (Å²) in [7, 11) is 0. The first-order valence-corrected chi connectivity index (χ1v) is 3.71. The van der Waals surface area contributed by atoms with E-state index in [9.17, 15) is 0 Å². The lowest BCUT2D eigenvalue weighted by molar-refractivity contribution is 0.0572. The molecule has 0 radical (unpaired) electrons. The zero-order valence-corrected chi connectivity index (χ0v) is 6.49. The summed E-state index contributed by atoms with van der Waals surface area (Å²) in [5, 5.41) is 18.3. The Hall–Kier alpha value is -0.120. The van der Waals surface area contributed by atoms with Gasteiger partial charge in [0.15, 0.2) is 0 Å². The maximum atomic E-state index is 9.13. The molecule has 1 heterocycles. The van der Waals surface area contributed by atoms with Crippen LogP contribution in [0.1, 0.15) is 13.8 Å². The number of hydrogen-bond donors (Lipinski definition) is 2. The Bertz CT molecular complexity index is 106. The van der Waals surface area contributed by atoms with Gasteiger partial charge in [0, 0.05) is 19.1 Å². The van der Waals surface area contributed by atoms with Gasteiger partial charge in [0.05, 0.1) is 12.2 Å². The fourth-order valence-corrected chi connectivity index (χ4v) is 1.22. The molecule has 0 saturated carbocycles. The summed E-state index contributed by atoms with van der Waals surface area (Å²) < 4.78 is 0. The van der Waals surface area contributed by atoms with E-state index < -0.39 is 12.2 Å². The number of nitrogens with zero attached hydrogens (tertiary/aromatic N) is 1. The normalized spacial score (nSPS) is 35.7.